The number of hydrogen-bond acceptors (Lipinski definition) is 5. The lowest BCUT2D eigenvalue weighted by molar-refractivity contribution is 0.377. The maximum Gasteiger partial charge on any atom is 0.266 e. The van der Waals surface area contributed by atoms with Crippen molar-refractivity contribution in [2.75, 3.05) is 31.1 Å². The van der Waals surface area contributed by atoms with Crippen LogP contribution in [0.25, 0.3) is 0 Å². The monoisotopic (exact) mass is 194 g/mol. The number of nitrogens with zero attached hydrogens (tertiary/aromatic N) is 3. The third-order valence-electron chi connectivity index (χ3n) is 2.76. The van der Waals surface area contributed by atoms with Crippen LogP contribution in [-0.4, -0.2) is 36.3 Å². The Morgan fingerprint density at radius 1 is 1.29 bits per heavy atom. The molecule has 1 N–H and O–H groups in total. The second-order valence-corrected chi connectivity index (χ2v) is 3.94. The van der Waals surface area contributed by atoms with E-state index in [1.54, 1.807) is 0 Å². The van der Waals surface area contributed by atoms with Crippen LogP contribution in [0.2, 0.25) is 0 Å². The van der Waals surface area contributed by atoms with Gasteiger partial charge in [-0.05, 0) is 18.0 Å². The van der Waals surface area contributed by atoms with Crippen molar-refractivity contribution < 1.29 is 4.52 Å². The predicted octanol–water partition coefficient (Wildman–Crippen LogP) is 0.357. The Bertz CT molecular complexity index is 314. The molecule has 0 radical (unpaired) electrons. The van der Waals surface area contributed by atoms with Gasteiger partial charge in [-0.2, -0.15) is 4.98 Å². The summed E-state index contributed by atoms with van der Waals surface area (Å²) in [6.07, 6.45) is 2.42. The molecule has 1 saturated heterocycles. The molecule has 0 aromatic carbocycles. The number of anilines is 1. The van der Waals surface area contributed by atoms with E-state index in [0.717, 1.165) is 38.0 Å². The Labute approximate surface area is 82.5 Å². The molecule has 2 fully saturated rings. The molecular weight excluding hydrogens is 180 g/mol. The minimum absolute atomic E-state index is 0.555. The zero-order chi connectivity index (χ0) is 9.38. The highest BCUT2D eigenvalue weighted by Gasteiger charge is 2.30. The lowest BCUT2D eigenvalue weighted by atomic mass is 10.4. The molecule has 1 aromatic heterocycles. The summed E-state index contributed by atoms with van der Waals surface area (Å²) in [6.45, 7) is 3.97. The Morgan fingerprint density at radius 3 is 2.79 bits per heavy atom. The van der Waals surface area contributed by atoms with Crippen molar-refractivity contribution in [3.8, 4) is 0 Å². The van der Waals surface area contributed by atoms with Crippen LogP contribution in [0, 0.1) is 0 Å². The standard InChI is InChI=1S/C9H14N4O/c1-2-7(1)8-11-9(12-14-8)13-5-3-10-4-6-13/h7,10H,1-6H2. The van der Waals surface area contributed by atoms with Crippen molar-refractivity contribution in [3.05, 3.63) is 5.89 Å². The molecule has 1 aliphatic carbocycles. The second-order valence-electron chi connectivity index (χ2n) is 3.94. The first-order valence-corrected chi connectivity index (χ1v) is 5.23. The van der Waals surface area contributed by atoms with E-state index in [9.17, 15) is 0 Å². The third kappa shape index (κ3) is 1.48. The van der Waals surface area contributed by atoms with Crippen LogP contribution >= 0.6 is 0 Å². The van der Waals surface area contributed by atoms with E-state index in [4.69, 9.17) is 4.52 Å². The first-order chi connectivity index (χ1) is 6.93. The molecule has 0 spiro atoms. The molecular formula is C9H14N4O. The second kappa shape index (κ2) is 3.24. The summed E-state index contributed by atoms with van der Waals surface area (Å²) in [5, 5.41) is 7.31. The molecule has 3 rings (SSSR count). The summed E-state index contributed by atoms with van der Waals surface area (Å²) < 4.78 is 5.22. The summed E-state index contributed by atoms with van der Waals surface area (Å²) >= 11 is 0. The van der Waals surface area contributed by atoms with Crippen molar-refractivity contribution in [2.24, 2.45) is 0 Å². The maximum atomic E-state index is 5.22. The molecule has 2 aliphatic rings. The summed E-state index contributed by atoms with van der Waals surface area (Å²) in [5.41, 5.74) is 0. The third-order valence-corrected chi connectivity index (χ3v) is 2.76. The molecule has 76 valence electrons. The lowest BCUT2D eigenvalue weighted by Crippen LogP contribution is -2.44. The van der Waals surface area contributed by atoms with Gasteiger partial charge in [0.05, 0.1) is 0 Å². The Morgan fingerprint density at radius 2 is 2.07 bits per heavy atom. The summed E-state index contributed by atoms with van der Waals surface area (Å²) in [5.74, 6) is 2.16. The van der Waals surface area contributed by atoms with Crippen molar-refractivity contribution in [2.45, 2.75) is 18.8 Å². The average Bonchev–Trinajstić information content (AvgIpc) is 2.98. The Balaban J connectivity index is 1.74. The highest BCUT2D eigenvalue weighted by atomic mass is 16.5. The lowest BCUT2D eigenvalue weighted by Gasteiger charge is -2.25. The highest BCUT2D eigenvalue weighted by molar-refractivity contribution is 5.29. The quantitative estimate of drug-likeness (QED) is 0.736. The van der Waals surface area contributed by atoms with E-state index in [-0.39, 0.29) is 0 Å². The van der Waals surface area contributed by atoms with Crippen LogP contribution in [0.5, 0.6) is 0 Å². The Hall–Kier alpha value is -1.10. The molecule has 1 aromatic rings. The van der Waals surface area contributed by atoms with E-state index in [0.29, 0.717) is 5.92 Å². The van der Waals surface area contributed by atoms with E-state index < -0.39 is 0 Å². The summed E-state index contributed by atoms with van der Waals surface area (Å²) in [4.78, 5) is 6.59. The highest BCUT2D eigenvalue weighted by Crippen LogP contribution is 2.39. The zero-order valence-corrected chi connectivity index (χ0v) is 8.07. The number of hydrogen-bond donors (Lipinski definition) is 1. The largest absolute Gasteiger partial charge is 0.337 e. The van der Waals surface area contributed by atoms with Gasteiger partial charge in [-0.1, -0.05) is 0 Å². The molecule has 1 aliphatic heterocycles. The van der Waals surface area contributed by atoms with Crippen molar-refractivity contribution in [3.63, 3.8) is 0 Å². The normalized spacial score (nSPS) is 22.7. The van der Waals surface area contributed by atoms with Crippen molar-refractivity contribution >= 4 is 5.95 Å². The smallest absolute Gasteiger partial charge is 0.266 e. The van der Waals surface area contributed by atoms with Crippen molar-refractivity contribution in [1.82, 2.24) is 15.5 Å². The first kappa shape index (κ1) is 8.23. The topological polar surface area (TPSA) is 54.2 Å². The summed E-state index contributed by atoms with van der Waals surface area (Å²) in [6, 6.07) is 0. The molecule has 2 heterocycles. The van der Waals surface area contributed by atoms with Gasteiger partial charge >= 0.3 is 0 Å². The van der Waals surface area contributed by atoms with Crippen LogP contribution < -0.4 is 10.2 Å². The Kier molecular flexibility index (Phi) is 1.90. The number of rotatable bonds is 2. The molecule has 5 nitrogen and oxygen atoms in total. The van der Waals surface area contributed by atoms with Gasteiger partial charge < -0.3 is 14.7 Å². The van der Waals surface area contributed by atoms with Gasteiger partial charge in [-0.3, -0.25) is 0 Å². The molecule has 5 heteroatoms. The fourth-order valence-corrected chi connectivity index (χ4v) is 1.72. The van der Waals surface area contributed by atoms with Gasteiger partial charge in [0.25, 0.3) is 5.95 Å². The van der Waals surface area contributed by atoms with Crippen LogP contribution in [0.4, 0.5) is 5.95 Å². The van der Waals surface area contributed by atoms with Crippen LogP contribution in [0.15, 0.2) is 4.52 Å². The summed E-state index contributed by atoms with van der Waals surface area (Å²) in [7, 11) is 0. The SMILES string of the molecule is C1CN(c2noc(C3CC3)n2)CCN1. The van der Waals surface area contributed by atoms with Gasteiger partial charge in [0.15, 0.2) is 0 Å². The minimum atomic E-state index is 0.555. The van der Waals surface area contributed by atoms with E-state index in [2.05, 4.69) is 20.4 Å². The van der Waals surface area contributed by atoms with Gasteiger partial charge in [0.1, 0.15) is 0 Å². The number of nitrogens with one attached hydrogen (secondary N) is 1. The maximum absolute atomic E-state index is 5.22. The fourth-order valence-electron chi connectivity index (χ4n) is 1.72. The fraction of sp³-hybridized carbons (Fsp3) is 0.778. The predicted molar refractivity (Wildman–Crippen MR) is 51.4 cm³/mol. The number of piperazine rings is 1. The minimum Gasteiger partial charge on any atom is -0.337 e. The molecule has 0 amide bonds. The molecule has 0 unspecified atom stereocenters. The number of aromatic nitrogens is 2. The first-order valence-electron chi connectivity index (χ1n) is 5.23. The van der Waals surface area contributed by atoms with E-state index in [1.165, 1.54) is 12.8 Å². The van der Waals surface area contributed by atoms with E-state index >= 15 is 0 Å². The van der Waals surface area contributed by atoms with E-state index in [1.807, 2.05) is 0 Å². The molecule has 0 atom stereocenters. The van der Waals surface area contributed by atoms with Crippen molar-refractivity contribution in [1.29, 1.82) is 0 Å². The average molecular weight is 194 g/mol. The van der Waals surface area contributed by atoms with Crippen LogP contribution in [0.3, 0.4) is 0 Å². The van der Waals surface area contributed by atoms with Gasteiger partial charge in [0.2, 0.25) is 5.89 Å². The van der Waals surface area contributed by atoms with Crippen LogP contribution in [-0.2, 0) is 0 Å². The van der Waals surface area contributed by atoms with Gasteiger partial charge in [-0.15, -0.1) is 0 Å². The molecule has 0 bridgehead atoms. The van der Waals surface area contributed by atoms with Gasteiger partial charge in [0, 0.05) is 32.1 Å². The molecule has 14 heavy (non-hydrogen) atoms. The zero-order valence-electron chi connectivity index (χ0n) is 8.07. The molecule has 1 saturated carbocycles. The van der Waals surface area contributed by atoms with Gasteiger partial charge in [-0.25, -0.2) is 0 Å². The van der Waals surface area contributed by atoms with Crippen LogP contribution in [0.1, 0.15) is 24.7 Å².